The van der Waals surface area contributed by atoms with E-state index in [2.05, 4.69) is 44.4 Å². The van der Waals surface area contributed by atoms with E-state index < -0.39 is 5.69 Å². The van der Waals surface area contributed by atoms with Crippen LogP contribution in [0.3, 0.4) is 0 Å². The van der Waals surface area contributed by atoms with Crippen LogP contribution in [0.5, 0.6) is 5.88 Å². The first-order valence-electron chi connectivity index (χ1n) is 13.1. The van der Waals surface area contributed by atoms with Crippen LogP contribution in [0.1, 0.15) is 63.6 Å². The van der Waals surface area contributed by atoms with Gasteiger partial charge in [-0.3, -0.25) is 4.98 Å². The summed E-state index contributed by atoms with van der Waals surface area (Å²) in [5.74, 6) is 2.19. The van der Waals surface area contributed by atoms with Crippen molar-refractivity contribution >= 4 is 28.9 Å². The number of aromatic amines is 2. The predicted octanol–water partition coefficient (Wildman–Crippen LogP) is 3.54. The molecule has 0 radical (unpaired) electrons. The maximum Gasteiger partial charge on any atom is 0.325 e. The van der Waals surface area contributed by atoms with Gasteiger partial charge in [-0.25, -0.2) is 9.78 Å². The highest BCUT2D eigenvalue weighted by Crippen LogP contribution is 2.28. The first-order chi connectivity index (χ1) is 17.3. The van der Waals surface area contributed by atoms with Crippen LogP contribution in [0, 0.1) is 5.92 Å². The number of H-pyrrole nitrogens is 2. The Hall–Kier alpha value is -2.72. The van der Waals surface area contributed by atoms with Gasteiger partial charge >= 0.3 is 5.69 Å². The lowest BCUT2D eigenvalue weighted by Crippen LogP contribution is -2.40. The highest BCUT2D eigenvalue weighted by Gasteiger charge is 2.24. The summed E-state index contributed by atoms with van der Waals surface area (Å²) < 4.78 is 1.83. The number of aromatic hydroxyl groups is 1. The molecule has 1 saturated carbocycles. The Morgan fingerprint density at radius 3 is 2.67 bits per heavy atom. The topological polar surface area (TPSA) is 126 Å². The molecule has 2 unspecified atom stereocenters. The zero-order chi connectivity index (χ0) is 25.2. The van der Waals surface area contributed by atoms with Gasteiger partial charge in [0.25, 0.3) is 0 Å². The monoisotopic (exact) mass is 516 g/mol. The molecule has 1 saturated heterocycles. The minimum Gasteiger partial charge on any atom is -0.493 e. The average Bonchev–Trinajstić information content (AvgIpc) is 3.37. The van der Waals surface area contributed by atoms with Crippen LogP contribution in [-0.4, -0.2) is 71.7 Å². The van der Waals surface area contributed by atoms with E-state index in [9.17, 15) is 9.90 Å². The first-order valence-corrected chi connectivity index (χ1v) is 13.5. The number of piperidine rings is 1. The Labute approximate surface area is 215 Å². The normalized spacial score (nSPS) is 21.9. The van der Waals surface area contributed by atoms with Gasteiger partial charge in [-0.15, -0.1) is 11.6 Å². The summed E-state index contributed by atoms with van der Waals surface area (Å²) in [7, 11) is 0. The van der Waals surface area contributed by atoms with Gasteiger partial charge in [-0.1, -0.05) is 13.8 Å². The van der Waals surface area contributed by atoms with E-state index >= 15 is 0 Å². The van der Waals surface area contributed by atoms with Gasteiger partial charge in [0.1, 0.15) is 11.6 Å². The van der Waals surface area contributed by atoms with Crippen molar-refractivity contribution in [3.05, 3.63) is 34.0 Å². The number of nitrogens with one attached hydrogen (secondary N) is 4. The van der Waals surface area contributed by atoms with E-state index in [0.29, 0.717) is 29.7 Å². The zero-order valence-electron chi connectivity index (χ0n) is 21.1. The SMILES string of the molecule is CC(C)CN1CCC(Nc2cc(NC3CCCC(Cl)C3)nc3c(Cc4[nH]c(=O)[nH]c4O)cnn23)CC1. The summed E-state index contributed by atoms with van der Waals surface area (Å²) in [5, 5.41) is 22.2. The number of hydrogen-bond donors (Lipinski definition) is 5. The zero-order valence-corrected chi connectivity index (χ0v) is 21.8. The molecule has 36 heavy (non-hydrogen) atoms. The molecule has 3 aromatic rings. The molecule has 0 bridgehead atoms. The van der Waals surface area contributed by atoms with E-state index in [1.807, 2.05) is 10.6 Å². The lowest BCUT2D eigenvalue weighted by atomic mass is 9.95. The average molecular weight is 517 g/mol. The van der Waals surface area contributed by atoms with E-state index in [0.717, 1.165) is 75.4 Å². The van der Waals surface area contributed by atoms with Crippen molar-refractivity contribution in [2.24, 2.45) is 5.92 Å². The lowest BCUT2D eigenvalue weighted by molar-refractivity contribution is 0.197. The molecule has 0 spiro atoms. The summed E-state index contributed by atoms with van der Waals surface area (Å²) in [6.45, 7) is 7.84. The van der Waals surface area contributed by atoms with Crippen molar-refractivity contribution in [2.75, 3.05) is 30.3 Å². The molecule has 196 valence electrons. The number of aromatic nitrogens is 5. The van der Waals surface area contributed by atoms with Crippen LogP contribution in [0.2, 0.25) is 0 Å². The van der Waals surface area contributed by atoms with Gasteiger partial charge in [-0.05, 0) is 44.4 Å². The fourth-order valence-electron chi connectivity index (χ4n) is 5.49. The minimum absolute atomic E-state index is 0.157. The number of hydrogen-bond acceptors (Lipinski definition) is 7. The van der Waals surface area contributed by atoms with Crippen LogP contribution in [0.15, 0.2) is 17.1 Å². The molecule has 5 N–H and O–H groups in total. The molecule has 2 fully saturated rings. The fourth-order valence-corrected chi connectivity index (χ4v) is 5.86. The molecule has 4 heterocycles. The Kier molecular flexibility index (Phi) is 7.43. The van der Waals surface area contributed by atoms with Gasteiger partial charge in [0.2, 0.25) is 5.88 Å². The van der Waals surface area contributed by atoms with Crippen LogP contribution in [0.25, 0.3) is 5.65 Å². The predicted molar refractivity (Wildman–Crippen MR) is 142 cm³/mol. The molecular formula is C25H37ClN8O2. The van der Waals surface area contributed by atoms with Crippen LogP contribution in [0.4, 0.5) is 11.6 Å². The Bertz CT molecular complexity index is 1230. The smallest absolute Gasteiger partial charge is 0.325 e. The lowest BCUT2D eigenvalue weighted by Gasteiger charge is -2.33. The van der Waals surface area contributed by atoms with Crippen molar-refractivity contribution in [1.82, 2.24) is 29.5 Å². The van der Waals surface area contributed by atoms with Gasteiger partial charge < -0.3 is 25.6 Å². The highest BCUT2D eigenvalue weighted by atomic mass is 35.5. The van der Waals surface area contributed by atoms with Crippen molar-refractivity contribution in [1.29, 1.82) is 0 Å². The molecule has 1 aliphatic heterocycles. The number of rotatable bonds is 8. The van der Waals surface area contributed by atoms with Gasteiger partial charge in [0, 0.05) is 55.1 Å². The summed E-state index contributed by atoms with van der Waals surface area (Å²) in [4.78, 5) is 24.1. The molecule has 0 aromatic carbocycles. The molecule has 5 rings (SSSR count). The van der Waals surface area contributed by atoms with Gasteiger partial charge in [-0.2, -0.15) is 9.61 Å². The summed E-state index contributed by atoms with van der Waals surface area (Å²) in [6.07, 6.45) is 8.35. The van der Waals surface area contributed by atoms with E-state index in [1.165, 1.54) is 0 Å². The molecule has 2 atom stereocenters. The summed E-state index contributed by atoms with van der Waals surface area (Å²) >= 11 is 6.44. The second-order valence-electron chi connectivity index (χ2n) is 10.7. The van der Waals surface area contributed by atoms with Crippen molar-refractivity contribution < 1.29 is 5.11 Å². The second kappa shape index (κ2) is 10.7. The number of fused-ring (bicyclic) bond motifs is 1. The molecule has 0 amide bonds. The third-order valence-electron chi connectivity index (χ3n) is 7.22. The van der Waals surface area contributed by atoms with Gasteiger partial charge in [0.15, 0.2) is 5.65 Å². The van der Waals surface area contributed by atoms with Crippen molar-refractivity contribution in [3.8, 4) is 5.88 Å². The number of anilines is 2. The molecule has 2 aliphatic rings. The van der Waals surface area contributed by atoms with Crippen molar-refractivity contribution in [3.63, 3.8) is 0 Å². The number of imidazole rings is 1. The Balaban J connectivity index is 1.41. The highest BCUT2D eigenvalue weighted by molar-refractivity contribution is 6.20. The number of halogens is 1. The first kappa shape index (κ1) is 25.0. The number of alkyl halides is 1. The molecular weight excluding hydrogens is 480 g/mol. The third kappa shape index (κ3) is 5.81. The molecule has 11 heteroatoms. The quantitative estimate of drug-likeness (QED) is 0.290. The minimum atomic E-state index is -0.437. The molecule has 10 nitrogen and oxygen atoms in total. The third-order valence-corrected chi connectivity index (χ3v) is 7.62. The Morgan fingerprint density at radius 1 is 1.17 bits per heavy atom. The van der Waals surface area contributed by atoms with Crippen LogP contribution in [-0.2, 0) is 6.42 Å². The van der Waals surface area contributed by atoms with Crippen molar-refractivity contribution in [2.45, 2.75) is 76.3 Å². The van der Waals surface area contributed by atoms with Gasteiger partial charge in [0.05, 0.1) is 11.9 Å². The molecule has 3 aromatic heterocycles. The van der Waals surface area contributed by atoms with E-state index in [1.54, 1.807) is 6.20 Å². The van der Waals surface area contributed by atoms with Crippen LogP contribution >= 0.6 is 11.6 Å². The second-order valence-corrected chi connectivity index (χ2v) is 11.4. The van der Waals surface area contributed by atoms with E-state index in [-0.39, 0.29) is 17.3 Å². The largest absolute Gasteiger partial charge is 0.493 e. The standard InChI is InChI=1S/C25H37ClN8O2/c1-15(2)14-33-8-6-18(7-9-33)29-22-12-21(28-19-5-3-4-17(26)11-19)31-23-16(13-27-34(22)23)10-20-24(35)32-25(36)30-20/h12-13,15,17-19,29,35H,3-11,14H2,1-2H3,(H,28,31)(H2,30,32,36). The number of likely N-dealkylation sites (tertiary alicyclic amines) is 1. The Morgan fingerprint density at radius 2 is 1.97 bits per heavy atom. The maximum atomic E-state index is 11.6. The van der Waals surface area contributed by atoms with Crippen LogP contribution < -0.4 is 16.3 Å². The van der Waals surface area contributed by atoms with E-state index in [4.69, 9.17) is 16.6 Å². The summed E-state index contributed by atoms with van der Waals surface area (Å²) in [5.41, 5.74) is 1.49. The summed E-state index contributed by atoms with van der Waals surface area (Å²) in [6, 6.07) is 2.67. The molecule has 1 aliphatic carbocycles. The fraction of sp³-hybridized carbons (Fsp3) is 0.640. The number of nitrogens with zero attached hydrogens (tertiary/aromatic N) is 4. The maximum absolute atomic E-state index is 11.6.